The number of nitrogens with one attached hydrogen (secondary N) is 2. The molecule has 0 aliphatic rings. The fraction of sp³-hybridized carbons (Fsp3) is 0.130. The zero-order valence-corrected chi connectivity index (χ0v) is 19.8. The molecule has 0 bridgehead atoms. The Morgan fingerprint density at radius 2 is 1.83 bits per heavy atom. The normalized spacial score (nSPS) is 11.8. The second kappa shape index (κ2) is 11.0. The van der Waals surface area contributed by atoms with Crippen LogP contribution in [-0.4, -0.2) is 33.3 Å². The lowest BCUT2D eigenvalue weighted by Gasteiger charge is -2.12. The molecule has 0 radical (unpaired) electrons. The summed E-state index contributed by atoms with van der Waals surface area (Å²) in [4.78, 5) is 50.6. The van der Waals surface area contributed by atoms with Crippen LogP contribution in [0.2, 0.25) is 0 Å². The third-order valence-corrected chi connectivity index (χ3v) is 5.95. The van der Waals surface area contributed by atoms with E-state index in [1.807, 2.05) is 25.3 Å². The molecule has 12 nitrogen and oxygen atoms in total. The second-order valence-corrected chi connectivity index (χ2v) is 8.38. The first kappa shape index (κ1) is 25.7. The number of rotatable bonds is 7. The zero-order valence-electron chi connectivity index (χ0n) is 19.0. The van der Waals surface area contributed by atoms with E-state index in [0.717, 1.165) is 22.5 Å². The lowest BCUT2D eigenvalue weighted by Crippen LogP contribution is -2.36. The minimum atomic E-state index is -1.32. The van der Waals surface area contributed by atoms with Gasteiger partial charge in [0.1, 0.15) is 16.6 Å². The average Bonchev–Trinajstić information content (AvgIpc) is 3.33. The number of carbonyl (C=O) groups excluding carboxylic acids is 3. The molecule has 1 unspecified atom stereocenters. The van der Waals surface area contributed by atoms with Crippen LogP contribution in [0.1, 0.15) is 22.1 Å². The fourth-order valence-corrected chi connectivity index (χ4v) is 3.84. The molecule has 0 saturated heterocycles. The molecule has 13 heteroatoms. The molecule has 0 spiro atoms. The predicted molar refractivity (Wildman–Crippen MR) is 132 cm³/mol. The van der Waals surface area contributed by atoms with Crippen LogP contribution in [0, 0.1) is 35.3 Å². The molecular formula is C23H19N7O5S. The molecule has 0 saturated carbocycles. The number of nitriles is 1. The van der Waals surface area contributed by atoms with Gasteiger partial charge in [-0.3, -0.25) is 24.5 Å². The second-order valence-electron chi connectivity index (χ2n) is 7.49. The largest absolute Gasteiger partial charge is 0.361 e. The number of aromatic nitrogens is 1. The number of benzene rings is 2. The summed E-state index contributed by atoms with van der Waals surface area (Å²) in [7, 11) is 0. The first-order chi connectivity index (χ1) is 17.1. The fourth-order valence-electron chi connectivity index (χ4n) is 2.97. The Kier molecular flexibility index (Phi) is 7.82. The maximum atomic E-state index is 13.1. The Hall–Kier alpha value is -4.96. The maximum Gasteiger partial charge on any atom is 0.329 e. The Bertz CT molecular complexity index is 1420. The molecule has 3 aromatic rings. The van der Waals surface area contributed by atoms with Crippen LogP contribution in [0.5, 0.6) is 0 Å². The number of hydrogen-bond acceptors (Lipinski definition) is 9. The number of nitrogens with two attached hydrogens (primary N) is 1. The highest BCUT2D eigenvalue weighted by molar-refractivity contribution is 7.10. The molecule has 0 fully saturated rings. The number of anilines is 1. The van der Waals surface area contributed by atoms with Crippen molar-refractivity contribution in [1.82, 2.24) is 10.4 Å². The highest BCUT2D eigenvalue weighted by atomic mass is 32.1. The SMILES string of the molecule is Cc1ccc(NC(=O)C(=NNC(=O)C(N)=O)C(C#N)c2nc(-c3ccc([N+](=O)[O-])cc3)cs2)cc1C. The van der Waals surface area contributed by atoms with Gasteiger partial charge in [0.25, 0.3) is 11.6 Å². The minimum absolute atomic E-state index is 0.0910. The number of nitrogens with zero attached hydrogens (tertiary/aromatic N) is 4. The van der Waals surface area contributed by atoms with Crippen molar-refractivity contribution < 1.29 is 19.3 Å². The average molecular weight is 506 g/mol. The van der Waals surface area contributed by atoms with Crippen LogP contribution >= 0.6 is 11.3 Å². The van der Waals surface area contributed by atoms with Gasteiger partial charge in [-0.15, -0.1) is 11.3 Å². The van der Waals surface area contributed by atoms with Crippen LogP contribution in [-0.2, 0) is 14.4 Å². The Labute approximate surface area is 208 Å². The summed E-state index contributed by atoms with van der Waals surface area (Å²) in [6.45, 7) is 3.77. The predicted octanol–water partition coefficient (Wildman–Crippen LogP) is 2.54. The Morgan fingerprint density at radius 1 is 1.14 bits per heavy atom. The lowest BCUT2D eigenvalue weighted by atomic mass is 10.0. The number of nitro benzene ring substituents is 1. The first-order valence-electron chi connectivity index (χ1n) is 10.3. The van der Waals surface area contributed by atoms with Crippen molar-refractivity contribution in [3.63, 3.8) is 0 Å². The van der Waals surface area contributed by atoms with Crippen LogP contribution in [0.15, 0.2) is 52.9 Å². The van der Waals surface area contributed by atoms with Crippen molar-refractivity contribution in [2.45, 2.75) is 19.8 Å². The van der Waals surface area contributed by atoms with Crippen LogP contribution in [0.3, 0.4) is 0 Å². The Balaban J connectivity index is 1.95. The van der Waals surface area contributed by atoms with Crippen molar-refractivity contribution in [1.29, 1.82) is 5.26 Å². The van der Waals surface area contributed by atoms with E-state index >= 15 is 0 Å². The molecule has 3 amide bonds. The number of aryl methyl sites for hydroxylation is 2. The van der Waals surface area contributed by atoms with E-state index < -0.39 is 34.3 Å². The van der Waals surface area contributed by atoms with Gasteiger partial charge in [0.05, 0.1) is 16.7 Å². The van der Waals surface area contributed by atoms with Gasteiger partial charge in [-0.25, -0.2) is 10.4 Å². The van der Waals surface area contributed by atoms with Gasteiger partial charge in [0.2, 0.25) is 0 Å². The van der Waals surface area contributed by atoms with E-state index in [1.54, 1.807) is 23.6 Å². The minimum Gasteiger partial charge on any atom is -0.361 e. The zero-order chi connectivity index (χ0) is 26.4. The standard InChI is InChI=1S/C23H19N7O5S/c1-12-3-6-15(9-13(12)2)26-21(32)19(28-29-22(33)20(25)31)17(10-24)23-27-18(11-36-23)14-4-7-16(8-5-14)30(34)35/h3-9,11,17H,1-2H3,(H2,25,31)(H,26,32)(H,29,33). The van der Waals surface area contributed by atoms with Gasteiger partial charge in [0.15, 0.2) is 0 Å². The molecule has 2 aromatic carbocycles. The number of thiazole rings is 1. The van der Waals surface area contributed by atoms with Crippen molar-refractivity contribution in [3.8, 4) is 17.3 Å². The van der Waals surface area contributed by atoms with Crippen LogP contribution in [0.4, 0.5) is 11.4 Å². The smallest absolute Gasteiger partial charge is 0.329 e. The van der Waals surface area contributed by atoms with Crippen molar-refractivity contribution in [2.24, 2.45) is 10.8 Å². The molecule has 182 valence electrons. The van der Waals surface area contributed by atoms with Gasteiger partial charge in [0, 0.05) is 28.8 Å². The first-order valence-corrected chi connectivity index (χ1v) is 11.1. The van der Waals surface area contributed by atoms with Crippen molar-refractivity contribution in [3.05, 3.63) is 74.1 Å². The van der Waals surface area contributed by atoms with E-state index in [9.17, 15) is 29.8 Å². The molecule has 0 aliphatic heterocycles. The van der Waals surface area contributed by atoms with Crippen molar-refractivity contribution >= 4 is 46.1 Å². The summed E-state index contributed by atoms with van der Waals surface area (Å²) in [5.41, 5.74) is 9.63. The summed E-state index contributed by atoms with van der Waals surface area (Å²) < 4.78 is 0. The third-order valence-electron chi connectivity index (χ3n) is 5.04. The number of amides is 3. The molecular weight excluding hydrogens is 486 g/mol. The highest BCUT2D eigenvalue weighted by Crippen LogP contribution is 2.29. The van der Waals surface area contributed by atoms with E-state index in [1.165, 1.54) is 24.3 Å². The van der Waals surface area contributed by atoms with E-state index in [-0.39, 0.29) is 10.7 Å². The summed E-state index contributed by atoms with van der Waals surface area (Å²) in [5.74, 6) is -4.71. The topological polar surface area (TPSA) is 193 Å². The number of nitro groups is 1. The summed E-state index contributed by atoms with van der Waals surface area (Å²) in [6.07, 6.45) is 0. The van der Waals surface area contributed by atoms with Gasteiger partial charge < -0.3 is 11.1 Å². The molecule has 1 atom stereocenters. The van der Waals surface area contributed by atoms with Crippen molar-refractivity contribution in [2.75, 3.05) is 5.32 Å². The molecule has 4 N–H and O–H groups in total. The van der Waals surface area contributed by atoms with Gasteiger partial charge in [-0.1, -0.05) is 6.07 Å². The number of carbonyl (C=O) groups is 3. The molecule has 0 aliphatic carbocycles. The summed E-state index contributed by atoms with van der Waals surface area (Å²) >= 11 is 1.05. The van der Waals surface area contributed by atoms with Crippen LogP contribution < -0.4 is 16.5 Å². The maximum absolute atomic E-state index is 13.1. The third kappa shape index (κ3) is 5.93. The monoisotopic (exact) mass is 505 g/mol. The lowest BCUT2D eigenvalue weighted by molar-refractivity contribution is -0.384. The Morgan fingerprint density at radius 3 is 2.42 bits per heavy atom. The number of hydrazone groups is 1. The highest BCUT2D eigenvalue weighted by Gasteiger charge is 2.29. The van der Waals surface area contributed by atoms with E-state index in [4.69, 9.17) is 5.73 Å². The molecule has 3 rings (SSSR count). The number of non-ortho nitro benzene ring substituents is 1. The van der Waals surface area contributed by atoms with E-state index in [0.29, 0.717) is 16.9 Å². The molecule has 1 aromatic heterocycles. The quantitative estimate of drug-likeness (QED) is 0.190. The van der Waals surface area contributed by atoms with Gasteiger partial charge >= 0.3 is 11.8 Å². The van der Waals surface area contributed by atoms with Crippen LogP contribution in [0.25, 0.3) is 11.3 Å². The van der Waals surface area contributed by atoms with Gasteiger partial charge in [-0.2, -0.15) is 10.4 Å². The molecule has 36 heavy (non-hydrogen) atoms. The number of primary amides is 1. The summed E-state index contributed by atoms with van der Waals surface area (Å²) in [5, 5.41) is 28.9. The number of hydrogen-bond donors (Lipinski definition) is 3. The van der Waals surface area contributed by atoms with Gasteiger partial charge in [-0.05, 0) is 49.2 Å². The van der Waals surface area contributed by atoms with E-state index in [2.05, 4.69) is 15.4 Å². The molecule has 1 heterocycles. The summed E-state index contributed by atoms with van der Waals surface area (Å²) in [6, 6.07) is 12.8.